The smallest absolute Gasteiger partial charge is 0.322 e. The lowest BCUT2D eigenvalue weighted by Crippen LogP contribution is -2.48. The predicted molar refractivity (Wildman–Crippen MR) is 94.8 cm³/mol. The lowest BCUT2D eigenvalue weighted by molar-refractivity contribution is -0.132. The summed E-state index contributed by atoms with van der Waals surface area (Å²) in [6.45, 7) is 1.38. The Bertz CT molecular complexity index is 630. The molecule has 5 nitrogen and oxygen atoms in total. The standard InChI is InChI=1S/C18H23N3O2S/c22-16-18(8-10-24-12-18)19-17(23)21(16)13-20-9-4-7-15(20)11-14-5-2-1-3-6-14/h1-3,5-6,15H,4,7-13H2,(H,19,23)/t15-,18+/m0/s1. The fraction of sp³-hybridized carbons (Fsp3) is 0.556. The van der Waals surface area contributed by atoms with Crippen molar-refractivity contribution in [3.8, 4) is 0 Å². The maximum absolute atomic E-state index is 12.8. The van der Waals surface area contributed by atoms with Crippen LogP contribution in [0.2, 0.25) is 0 Å². The molecule has 0 saturated carbocycles. The van der Waals surface area contributed by atoms with Gasteiger partial charge in [0.1, 0.15) is 5.54 Å². The van der Waals surface area contributed by atoms with Crippen molar-refractivity contribution in [3.05, 3.63) is 35.9 Å². The largest absolute Gasteiger partial charge is 0.326 e. The number of urea groups is 1. The first kappa shape index (κ1) is 16.0. The Balaban J connectivity index is 1.44. The molecule has 1 aromatic carbocycles. The molecule has 0 aromatic heterocycles. The molecule has 3 saturated heterocycles. The molecule has 0 bridgehead atoms. The van der Waals surface area contributed by atoms with Gasteiger partial charge >= 0.3 is 6.03 Å². The zero-order valence-corrected chi connectivity index (χ0v) is 14.6. The van der Waals surface area contributed by atoms with Crippen LogP contribution in [0.1, 0.15) is 24.8 Å². The van der Waals surface area contributed by atoms with Crippen LogP contribution in [-0.4, -0.2) is 58.0 Å². The summed E-state index contributed by atoms with van der Waals surface area (Å²) >= 11 is 1.75. The molecule has 0 aliphatic carbocycles. The van der Waals surface area contributed by atoms with Crippen molar-refractivity contribution in [1.82, 2.24) is 15.1 Å². The van der Waals surface area contributed by atoms with Crippen molar-refractivity contribution in [2.45, 2.75) is 37.3 Å². The van der Waals surface area contributed by atoms with Gasteiger partial charge in [-0.25, -0.2) is 9.69 Å². The third-order valence-corrected chi connectivity index (χ3v) is 6.59. The summed E-state index contributed by atoms with van der Waals surface area (Å²) in [5, 5.41) is 2.96. The van der Waals surface area contributed by atoms with Gasteiger partial charge in [0.05, 0.1) is 6.67 Å². The summed E-state index contributed by atoms with van der Waals surface area (Å²) in [6.07, 6.45) is 3.99. The van der Waals surface area contributed by atoms with Crippen LogP contribution in [0.25, 0.3) is 0 Å². The summed E-state index contributed by atoms with van der Waals surface area (Å²) in [6, 6.07) is 10.6. The first-order chi connectivity index (χ1) is 11.7. The first-order valence-electron chi connectivity index (χ1n) is 8.68. The van der Waals surface area contributed by atoms with E-state index in [4.69, 9.17) is 0 Å². The molecule has 24 heavy (non-hydrogen) atoms. The normalized spacial score (nSPS) is 30.5. The van der Waals surface area contributed by atoms with Crippen molar-refractivity contribution >= 4 is 23.7 Å². The van der Waals surface area contributed by atoms with E-state index in [2.05, 4.69) is 34.5 Å². The van der Waals surface area contributed by atoms with Gasteiger partial charge in [0.15, 0.2) is 0 Å². The Morgan fingerprint density at radius 2 is 2.08 bits per heavy atom. The van der Waals surface area contributed by atoms with Crippen LogP contribution >= 0.6 is 11.8 Å². The Labute approximate surface area is 146 Å². The molecule has 3 aliphatic heterocycles. The summed E-state index contributed by atoms with van der Waals surface area (Å²) < 4.78 is 0. The number of benzene rings is 1. The molecular weight excluding hydrogens is 322 g/mol. The second-order valence-electron chi connectivity index (χ2n) is 6.99. The Morgan fingerprint density at radius 1 is 1.25 bits per heavy atom. The van der Waals surface area contributed by atoms with Gasteiger partial charge in [-0.1, -0.05) is 30.3 Å². The highest BCUT2D eigenvalue weighted by atomic mass is 32.2. The third-order valence-electron chi connectivity index (χ3n) is 5.40. The van der Waals surface area contributed by atoms with Crippen LogP contribution in [0, 0.1) is 0 Å². The molecule has 1 spiro atoms. The molecule has 3 aliphatic rings. The van der Waals surface area contributed by atoms with Crippen molar-refractivity contribution < 1.29 is 9.59 Å². The maximum Gasteiger partial charge on any atom is 0.326 e. The van der Waals surface area contributed by atoms with Crippen molar-refractivity contribution in [1.29, 1.82) is 0 Å². The van der Waals surface area contributed by atoms with E-state index in [1.165, 1.54) is 10.5 Å². The van der Waals surface area contributed by atoms with Gasteiger partial charge in [-0.15, -0.1) is 0 Å². The van der Waals surface area contributed by atoms with Crippen LogP contribution in [0.4, 0.5) is 4.79 Å². The SMILES string of the molecule is O=C1N[C@@]2(CCSC2)C(=O)N1CN1CCC[C@H]1Cc1ccccc1. The molecule has 1 aromatic rings. The number of carbonyl (C=O) groups is 2. The van der Waals surface area contributed by atoms with Crippen LogP contribution in [0.5, 0.6) is 0 Å². The fourth-order valence-corrected chi connectivity index (χ4v) is 5.34. The molecule has 0 unspecified atom stereocenters. The average Bonchev–Trinajstić information content (AvgIpc) is 3.28. The van der Waals surface area contributed by atoms with E-state index in [1.807, 2.05) is 6.07 Å². The Hall–Kier alpha value is -1.53. The molecule has 3 amide bonds. The Morgan fingerprint density at radius 3 is 2.83 bits per heavy atom. The summed E-state index contributed by atoms with van der Waals surface area (Å²) in [5.74, 6) is 1.63. The zero-order valence-electron chi connectivity index (χ0n) is 13.7. The average molecular weight is 345 g/mol. The van der Waals surface area contributed by atoms with Crippen LogP contribution in [0.15, 0.2) is 30.3 Å². The highest BCUT2D eigenvalue weighted by molar-refractivity contribution is 7.99. The lowest BCUT2D eigenvalue weighted by atomic mass is 9.99. The maximum atomic E-state index is 12.8. The topological polar surface area (TPSA) is 52.7 Å². The van der Waals surface area contributed by atoms with Crippen LogP contribution in [-0.2, 0) is 11.2 Å². The van der Waals surface area contributed by atoms with E-state index in [0.29, 0.717) is 18.5 Å². The third kappa shape index (κ3) is 2.82. The number of carbonyl (C=O) groups excluding carboxylic acids is 2. The van der Waals surface area contributed by atoms with Gasteiger partial charge in [-0.05, 0) is 37.0 Å². The minimum atomic E-state index is -0.629. The minimum Gasteiger partial charge on any atom is -0.322 e. The van der Waals surface area contributed by atoms with Gasteiger partial charge in [-0.3, -0.25) is 9.69 Å². The predicted octanol–water partition coefficient (Wildman–Crippen LogP) is 2.08. The number of hydrogen-bond donors (Lipinski definition) is 1. The number of nitrogens with one attached hydrogen (secondary N) is 1. The van der Waals surface area contributed by atoms with Gasteiger partial charge in [0.2, 0.25) is 0 Å². The van der Waals surface area contributed by atoms with Crippen molar-refractivity contribution in [2.24, 2.45) is 0 Å². The van der Waals surface area contributed by atoms with Gasteiger partial charge in [0, 0.05) is 18.3 Å². The summed E-state index contributed by atoms with van der Waals surface area (Å²) in [5.41, 5.74) is 0.686. The molecule has 3 heterocycles. The van der Waals surface area contributed by atoms with Crippen molar-refractivity contribution in [2.75, 3.05) is 24.7 Å². The Kier molecular flexibility index (Phi) is 4.26. The highest BCUT2D eigenvalue weighted by Crippen LogP contribution is 2.34. The van der Waals surface area contributed by atoms with E-state index < -0.39 is 5.54 Å². The number of hydrogen-bond acceptors (Lipinski definition) is 4. The molecule has 2 atom stereocenters. The second kappa shape index (κ2) is 6.41. The second-order valence-corrected chi connectivity index (χ2v) is 8.09. The van der Waals surface area contributed by atoms with Crippen LogP contribution in [0.3, 0.4) is 0 Å². The molecule has 3 fully saturated rings. The zero-order chi connectivity index (χ0) is 16.6. The molecular formula is C18H23N3O2S. The molecule has 1 N–H and O–H groups in total. The van der Waals surface area contributed by atoms with E-state index in [9.17, 15) is 9.59 Å². The fourth-order valence-electron chi connectivity index (χ4n) is 4.02. The van der Waals surface area contributed by atoms with E-state index in [-0.39, 0.29) is 11.9 Å². The molecule has 0 radical (unpaired) electrons. The number of thioether (sulfide) groups is 1. The highest BCUT2D eigenvalue weighted by Gasteiger charge is 2.53. The minimum absolute atomic E-state index is 0.0251. The molecule has 6 heteroatoms. The van der Waals surface area contributed by atoms with E-state index in [0.717, 1.165) is 38.0 Å². The summed E-state index contributed by atoms with van der Waals surface area (Å²) in [7, 11) is 0. The van der Waals surface area contributed by atoms with Gasteiger partial charge in [-0.2, -0.15) is 11.8 Å². The monoisotopic (exact) mass is 345 g/mol. The molecule has 128 valence electrons. The number of imide groups is 1. The van der Waals surface area contributed by atoms with Gasteiger partial charge < -0.3 is 5.32 Å². The first-order valence-corrected chi connectivity index (χ1v) is 9.83. The number of rotatable bonds is 4. The number of nitrogens with zero attached hydrogens (tertiary/aromatic N) is 2. The quantitative estimate of drug-likeness (QED) is 0.849. The lowest BCUT2D eigenvalue weighted by Gasteiger charge is -2.28. The molecule has 4 rings (SSSR count). The van der Waals surface area contributed by atoms with E-state index >= 15 is 0 Å². The number of amides is 3. The van der Waals surface area contributed by atoms with Crippen LogP contribution < -0.4 is 5.32 Å². The van der Waals surface area contributed by atoms with Crippen molar-refractivity contribution in [3.63, 3.8) is 0 Å². The van der Waals surface area contributed by atoms with Gasteiger partial charge in [0.25, 0.3) is 5.91 Å². The number of likely N-dealkylation sites (tertiary alicyclic amines) is 1. The summed E-state index contributed by atoms with van der Waals surface area (Å²) in [4.78, 5) is 28.9. The van der Waals surface area contributed by atoms with E-state index in [1.54, 1.807) is 11.8 Å².